The van der Waals surface area contributed by atoms with Gasteiger partial charge in [-0.1, -0.05) is 25.6 Å². The summed E-state index contributed by atoms with van der Waals surface area (Å²) in [6.07, 6.45) is 1.60. The average molecular weight is 320 g/mol. The van der Waals surface area contributed by atoms with Crippen molar-refractivity contribution in [3.05, 3.63) is 41.5 Å². The van der Waals surface area contributed by atoms with E-state index < -0.39 is 0 Å². The van der Waals surface area contributed by atoms with Crippen molar-refractivity contribution < 1.29 is 9.18 Å². The molecule has 118 valence electrons. The first-order chi connectivity index (χ1) is 10.5. The number of aromatic nitrogens is 2. The first-order valence-corrected chi connectivity index (χ1v) is 8.33. The highest BCUT2D eigenvalue weighted by molar-refractivity contribution is 7.99. The fraction of sp³-hybridized carbons (Fsp3) is 0.412. The quantitative estimate of drug-likeness (QED) is 0.789. The average Bonchev–Trinajstić information content (AvgIpc) is 2.86. The molecule has 0 amide bonds. The van der Waals surface area contributed by atoms with Gasteiger partial charge in [0.05, 0.1) is 16.3 Å². The van der Waals surface area contributed by atoms with Crippen molar-refractivity contribution in [1.82, 2.24) is 9.78 Å². The first kappa shape index (κ1) is 16.7. The van der Waals surface area contributed by atoms with Gasteiger partial charge in [-0.05, 0) is 51.0 Å². The second-order valence-corrected chi connectivity index (χ2v) is 6.30. The highest BCUT2D eigenvalue weighted by Crippen LogP contribution is 2.35. The molecule has 0 aliphatic heterocycles. The molecule has 1 aromatic heterocycles. The van der Waals surface area contributed by atoms with Crippen molar-refractivity contribution in [3.8, 4) is 0 Å². The van der Waals surface area contributed by atoms with Gasteiger partial charge in [-0.2, -0.15) is 5.10 Å². The van der Waals surface area contributed by atoms with E-state index in [0.29, 0.717) is 0 Å². The summed E-state index contributed by atoms with van der Waals surface area (Å²) in [5.74, 6) is -0.144. The Morgan fingerprint density at radius 1 is 1.27 bits per heavy atom. The van der Waals surface area contributed by atoms with Crippen LogP contribution in [0.2, 0.25) is 0 Å². The molecule has 0 saturated heterocycles. The second kappa shape index (κ2) is 7.09. The van der Waals surface area contributed by atoms with Crippen molar-refractivity contribution in [1.29, 1.82) is 0 Å². The predicted molar refractivity (Wildman–Crippen MR) is 86.9 cm³/mol. The third kappa shape index (κ3) is 3.40. The molecular formula is C17H21FN2OS. The van der Waals surface area contributed by atoms with E-state index in [2.05, 4.69) is 18.9 Å². The Morgan fingerprint density at radius 2 is 1.91 bits per heavy atom. The standard InChI is InChI=1S/C17H21FN2OS/c1-5-15-17(22-14-9-7-13(18)8-10-14)16(6-2)20(19-15)11(3)12(4)21/h7-11H,5-6H2,1-4H3. The number of halogens is 1. The van der Waals surface area contributed by atoms with E-state index in [1.54, 1.807) is 30.8 Å². The van der Waals surface area contributed by atoms with Gasteiger partial charge in [0.2, 0.25) is 0 Å². The molecule has 0 fully saturated rings. The van der Waals surface area contributed by atoms with Gasteiger partial charge < -0.3 is 0 Å². The van der Waals surface area contributed by atoms with E-state index in [-0.39, 0.29) is 17.6 Å². The third-order valence-electron chi connectivity index (χ3n) is 3.69. The number of nitrogens with zero attached hydrogens (tertiary/aromatic N) is 2. The zero-order valence-electron chi connectivity index (χ0n) is 13.4. The minimum absolute atomic E-state index is 0.0955. The summed E-state index contributed by atoms with van der Waals surface area (Å²) in [4.78, 5) is 13.8. The minimum atomic E-state index is -0.261. The molecule has 1 heterocycles. The molecule has 1 atom stereocenters. The molecule has 0 spiro atoms. The Hall–Kier alpha value is -1.62. The molecule has 1 unspecified atom stereocenters. The first-order valence-electron chi connectivity index (χ1n) is 7.52. The van der Waals surface area contributed by atoms with Crippen LogP contribution in [0.1, 0.15) is 45.1 Å². The van der Waals surface area contributed by atoms with Gasteiger partial charge in [0.15, 0.2) is 5.78 Å². The number of rotatable bonds is 6. The van der Waals surface area contributed by atoms with Crippen molar-refractivity contribution in [2.75, 3.05) is 0 Å². The van der Waals surface area contributed by atoms with Crippen LogP contribution in [-0.4, -0.2) is 15.6 Å². The maximum absolute atomic E-state index is 13.1. The van der Waals surface area contributed by atoms with Crippen LogP contribution < -0.4 is 0 Å². The lowest BCUT2D eigenvalue weighted by atomic mass is 10.2. The summed E-state index contributed by atoms with van der Waals surface area (Å²) in [7, 11) is 0. The number of hydrogen-bond acceptors (Lipinski definition) is 3. The van der Waals surface area contributed by atoms with Gasteiger partial charge in [-0.3, -0.25) is 9.48 Å². The number of carbonyl (C=O) groups excluding carboxylic acids is 1. The van der Waals surface area contributed by atoms with Crippen molar-refractivity contribution in [3.63, 3.8) is 0 Å². The van der Waals surface area contributed by atoms with Crippen molar-refractivity contribution in [2.24, 2.45) is 0 Å². The lowest BCUT2D eigenvalue weighted by Crippen LogP contribution is -2.17. The molecule has 5 heteroatoms. The summed E-state index contributed by atoms with van der Waals surface area (Å²) in [6, 6.07) is 6.20. The molecule has 0 N–H and O–H groups in total. The van der Waals surface area contributed by atoms with E-state index in [0.717, 1.165) is 34.0 Å². The lowest BCUT2D eigenvalue weighted by Gasteiger charge is -2.12. The van der Waals surface area contributed by atoms with Gasteiger partial charge in [0.25, 0.3) is 0 Å². The monoisotopic (exact) mass is 320 g/mol. The number of Topliss-reactive ketones (excluding diaryl/α,β-unsaturated/α-hetero) is 1. The minimum Gasteiger partial charge on any atom is -0.298 e. The highest BCUT2D eigenvalue weighted by atomic mass is 32.2. The van der Waals surface area contributed by atoms with Crippen LogP contribution in [0.15, 0.2) is 34.1 Å². The topological polar surface area (TPSA) is 34.9 Å². The van der Waals surface area contributed by atoms with Crippen molar-refractivity contribution in [2.45, 2.75) is 56.4 Å². The second-order valence-electron chi connectivity index (χ2n) is 5.22. The van der Waals surface area contributed by atoms with E-state index in [4.69, 9.17) is 0 Å². The highest BCUT2D eigenvalue weighted by Gasteiger charge is 2.21. The van der Waals surface area contributed by atoms with Crippen LogP contribution in [-0.2, 0) is 17.6 Å². The zero-order valence-corrected chi connectivity index (χ0v) is 14.2. The SMILES string of the molecule is CCc1nn(C(C)C(C)=O)c(CC)c1Sc1ccc(F)cc1. The van der Waals surface area contributed by atoms with Crippen LogP contribution in [0.3, 0.4) is 0 Å². The van der Waals surface area contributed by atoms with Crippen LogP contribution in [0, 0.1) is 5.82 Å². The zero-order chi connectivity index (χ0) is 16.3. The maximum Gasteiger partial charge on any atom is 0.154 e. The summed E-state index contributed by atoms with van der Waals surface area (Å²) < 4.78 is 14.9. The summed E-state index contributed by atoms with van der Waals surface area (Å²) in [6.45, 7) is 7.58. The molecule has 0 aliphatic carbocycles. The van der Waals surface area contributed by atoms with E-state index in [1.165, 1.54) is 12.1 Å². The van der Waals surface area contributed by atoms with Crippen LogP contribution in [0.25, 0.3) is 0 Å². The number of ketones is 1. The number of carbonyl (C=O) groups is 1. The molecule has 0 bridgehead atoms. The summed E-state index contributed by atoms with van der Waals surface area (Å²) in [5, 5.41) is 4.64. The Labute approximate surface area is 134 Å². The Morgan fingerprint density at radius 3 is 2.41 bits per heavy atom. The van der Waals surface area contributed by atoms with Gasteiger partial charge in [0, 0.05) is 4.90 Å². The van der Waals surface area contributed by atoms with Gasteiger partial charge in [0.1, 0.15) is 11.9 Å². The molecule has 0 aliphatic rings. The fourth-order valence-electron chi connectivity index (χ4n) is 2.29. The smallest absolute Gasteiger partial charge is 0.154 e. The van der Waals surface area contributed by atoms with Crippen molar-refractivity contribution >= 4 is 17.5 Å². The molecular weight excluding hydrogens is 299 g/mol. The molecule has 1 aromatic carbocycles. The van der Waals surface area contributed by atoms with Crippen LogP contribution in [0.4, 0.5) is 4.39 Å². The molecule has 0 saturated carbocycles. The Balaban J connectivity index is 2.44. The molecule has 0 radical (unpaired) electrons. The lowest BCUT2D eigenvalue weighted by molar-refractivity contribution is -0.119. The molecule has 22 heavy (non-hydrogen) atoms. The molecule has 2 rings (SSSR count). The van der Waals surface area contributed by atoms with E-state index in [9.17, 15) is 9.18 Å². The van der Waals surface area contributed by atoms with E-state index in [1.807, 2.05) is 11.6 Å². The number of aryl methyl sites for hydroxylation is 1. The maximum atomic E-state index is 13.1. The predicted octanol–water partition coefficient (Wildman–Crippen LogP) is 4.45. The van der Waals surface area contributed by atoms with Crippen LogP contribution >= 0.6 is 11.8 Å². The van der Waals surface area contributed by atoms with Crippen LogP contribution in [0.5, 0.6) is 0 Å². The van der Waals surface area contributed by atoms with E-state index >= 15 is 0 Å². The van der Waals surface area contributed by atoms with Gasteiger partial charge >= 0.3 is 0 Å². The third-order valence-corrected chi connectivity index (χ3v) is 4.87. The largest absolute Gasteiger partial charge is 0.298 e. The number of hydrogen-bond donors (Lipinski definition) is 0. The fourth-order valence-corrected chi connectivity index (χ4v) is 3.46. The molecule has 2 aromatic rings. The number of benzene rings is 1. The summed E-state index contributed by atoms with van der Waals surface area (Å²) >= 11 is 1.59. The molecule has 3 nitrogen and oxygen atoms in total. The van der Waals surface area contributed by atoms with Gasteiger partial charge in [-0.15, -0.1) is 0 Å². The Bertz CT molecular complexity index is 664. The Kier molecular flexibility index (Phi) is 5.40. The normalized spacial score (nSPS) is 12.4. The summed E-state index contributed by atoms with van der Waals surface area (Å²) in [5.41, 5.74) is 2.05. The van der Waals surface area contributed by atoms with Gasteiger partial charge in [-0.25, -0.2) is 4.39 Å².